The van der Waals surface area contributed by atoms with Gasteiger partial charge in [0.1, 0.15) is 5.76 Å². The first-order valence-corrected chi connectivity index (χ1v) is 12.6. The summed E-state index contributed by atoms with van der Waals surface area (Å²) in [4.78, 5) is 36.3. The average molecular weight is 494 g/mol. The number of para-hydroxylation sites is 1. The van der Waals surface area contributed by atoms with Crippen LogP contribution in [0.2, 0.25) is 0 Å². The minimum atomic E-state index is -0.801. The van der Waals surface area contributed by atoms with Gasteiger partial charge in [-0.3, -0.25) is 14.5 Å². The van der Waals surface area contributed by atoms with Crippen molar-refractivity contribution in [2.24, 2.45) is 0 Å². The summed E-state index contributed by atoms with van der Waals surface area (Å²) in [6.07, 6.45) is 2.56. The van der Waals surface area contributed by atoms with Crippen LogP contribution in [0.5, 0.6) is 0 Å². The highest BCUT2D eigenvalue weighted by Crippen LogP contribution is 2.45. The highest BCUT2D eigenvalue weighted by Gasteiger charge is 2.48. The lowest BCUT2D eigenvalue weighted by Gasteiger charge is -2.23. The van der Waals surface area contributed by atoms with E-state index in [9.17, 15) is 14.7 Å². The normalized spacial score (nSPS) is 17.5. The van der Waals surface area contributed by atoms with Crippen LogP contribution in [0.15, 0.2) is 78.5 Å². The Kier molecular flexibility index (Phi) is 5.23. The highest BCUT2D eigenvalue weighted by atomic mass is 32.1. The zero-order valence-electron chi connectivity index (χ0n) is 19.8. The van der Waals surface area contributed by atoms with E-state index >= 15 is 0 Å². The van der Waals surface area contributed by atoms with Gasteiger partial charge in [-0.15, -0.1) is 0 Å². The first-order chi connectivity index (χ1) is 17.5. The summed E-state index contributed by atoms with van der Waals surface area (Å²) < 4.78 is 0.950. The Balaban J connectivity index is 1.58. The Labute approximate surface area is 211 Å². The number of benzene rings is 3. The number of amides is 1. The van der Waals surface area contributed by atoms with Crippen LogP contribution in [0.3, 0.4) is 0 Å². The number of H-pyrrole nitrogens is 1. The quantitative estimate of drug-likeness (QED) is 0.175. The van der Waals surface area contributed by atoms with Gasteiger partial charge in [-0.2, -0.15) is 0 Å². The third-order valence-corrected chi connectivity index (χ3v) is 7.72. The number of ketones is 1. The molecule has 6 nitrogen and oxygen atoms in total. The molecule has 2 aromatic heterocycles. The fourth-order valence-corrected chi connectivity index (χ4v) is 5.93. The summed E-state index contributed by atoms with van der Waals surface area (Å²) in [6.45, 7) is 4.05. The first-order valence-electron chi connectivity index (χ1n) is 11.8. The molecular formula is C29H23N3O3S. The van der Waals surface area contributed by atoms with Crippen molar-refractivity contribution in [2.75, 3.05) is 4.90 Å². The standard InChI is InChI=1S/C29H23N3O3S/c1-3-17-11-12-22-23(14-17)36-29(31-22)32-25(18-8-6-7-16(2)13-18)24(27(34)28(32)35)26(33)20-15-30-21-10-5-4-9-19(20)21/h4-15,25,30,33H,3H2,1-2H3/b26-24+. The molecule has 3 heterocycles. The van der Waals surface area contributed by atoms with Gasteiger partial charge in [-0.1, -0.05) is 72.4 Å². The number of anilines is 1. The van der Waals surface area contributed by atoms with Crippen molar-refractivity contribution in [3.05, 3.63) is 101 Å². The van der Waals surface area contributed by atoms with Crippen molar-refractivity contribution in [1.29, 1.82) is 0 Å². The molecule has 1 amide bonds. The van der Waals surface area contributed by atoms with E-state index in [1.165, 1.54) is 21.8 Å². The molecule has 0 bridgehead atoms. The largest absolute Gasteiger partial charge is 0.507 e. The summed E-state index contributed by atoms with van der Waals surface area (Å²) in [5.74, 6) is -1.62. The van der Waals surface area contributed by atoms with E-state index in [0.29, 0.717) is 10.7 Å². The number of nitrogens with zero attached hydrogens (tertiary/aromatic N) is 2. The second kappa shape index (κ2) is 8.46. The second-order valence-corrected chi connectivity index (χ2v) is 9.99. The molecule has 1 fully saturated rings. The fourth-order valence-electron chi connectivity index (χ4n) is 4.88. The molecule has 6 rings (SSSR count). The van der Waals surface area contributed by atoms with Crippen molar-refractivity contribution in [3.8, 4) is 0 Å². The van der Waals surface area contributed by atoms with Gasteiger partial charge in [0.25, 0.3) is 5.78 Å². The number of Topliss-reactive ketones (excluding diaryl/α,β-unsaturated/α-hetero) is 1. The lowest BCUT2D eigenvalue weighted by atomic mass is 9.94. The number of rotatable bonds is 4. The van der Waals surface area contributed by atoms with E-state index in [0.717, 1.165) is 38.7 Å². The van der Waals surface area contributed by atoms with Crippen LogP contribution in [0.4, 0.5) is 5.13 Å². The van der Waals surface area contributed by atoms with Gasteiger partial charge in [0.15, 0.2) is 5.13 Å². The number of nitrogens with one attached hydrogen (secondary N) is 1. The van der Waals surface area contributed by atoms with Crippen molar-refractivity contribution in [2.45, 2.75) is 26.3 Å². The summed E-state index contributed by atoms with van der Waals surface area (Å²) >= 11 is 1.38. The molecule has 1 saturated heterocycles. The molecule has 36 heavy (non-hydrogen) atoms. The number of aliphatic hydroxyl groups excluding tert-OH is 1. The topological polar surface area (TPSA) is 86.3 Å². The number of hydrogen-bond acceptors (Lipinski definition) is 5. The third kappa shape index (κ3) is 3.43. The zero-order chi connectivity index (χ0) is 25.0. The summed E-state index contributed by atoms with van der Waals surface area (Å²) in [5.41, 5.74) is 5.05. The van der Waals surface area contributed by atoms with Gasteiger partial charge in [0, 0.05) is 22.7 Å². The number of fused-ring (bicyclic) bond motifs is 2. The summed E-state index contributed by atoms with van der Waals surface area (Å²) in [5, 5.41) is 12.7. The van der Waals surface area contributed by atoms with Gasteiger partial charge in [0.2, 0.25) is 0 Å². The van der Waals surface area contributed by atoms with Crippen molar-refractivity contribution >= 4 is 55.0 Å². The maximum Gasteiger partial charge on any atom is 0.301 e. The van der Waals surface area contributed by atoms with Gasteiger partial charge >= 0.3 is 5.91 Å². The first kappa shape index (κ1) is 22.2. The number of aromatic nitrogens is 2. The van der Waals surface area contributed by atoms with E-state index in [2.05, 4.69) is 18.0 Å². The molecule has 5 aromatic rings. The minimum absolute atomic E-state index is 0.0591. The molecular weight excluding hydrogens is 470 g/mol. The second-order valence-electron chi connectivity index (χ2n) is 8.98. The van der Waals surface area contributed by atoms with Crippen LogP contribution in [0, 0.1) is 6.92 Å². The molecule has 178 valence electrons. The molecule has 0 spiro atoms. The maximum atomic E-state index is 13.5. The summed E-state index contributed by atoms with van der Waals surface area (Å²) in [7, 11) is 0. The van der Waals surface area contributed by atoms with E-state index < -0.39 is 17.7 Å². The smallest absolute Gasteiger partial charge is 0.301 e. The minimum Gasteiger partial charge on any atom is -0.507 e. The fraction of sp³-hybridized carbons (Fsp3) is 0.138. The van der Waals surface area contributed by atoms with Gasteiger partial charge in [0.05, 0.1) is 21.8 Å². The monoisotopic (exact) mass is 493 g/mol. The van der Waals surface area contributed by atoms with Gasteiger partial charge in [-0.05, 0) is 42.7 Å². The Bertz CT molecular complexity index is 1710. The Hall–Kier alpha value is -4.23. The molecule has 1 atom stereocenters. The Morgan fingerprint density at radius 2 is 1.92 bits per heavy atom. The molecule has 3 aromatic carbocycles. The molecule has 2 N–H and O–H groups in total. The number of carbonyl (C=O) groups excluding carboxylic acids is 2. The van der Waals surface area contributed by atoms with Crippen LogP contribution in [0.25, 0.3) is 26.9 Å². The van der Waals surface area contributed by atoms with Crippen molar-refractivity contribution in [1.82, 2.24) is 9.97 Å². The number of carbonyl (C=O) groups is 2. The lowest BCUT2D eigenvalue weighted by molar-refractivity contribution is -0.132. The zero-order valence-corrected chi connectivity index (χ0v) is 20.6. The lowest BCUT2D eigenvalue weighted by Crippen LogP contribution is -2.29. The molecule has 0 radical (unpaired) electrons. The maximum absolute atomic E-state index is 13.5. The molecule has 1 unspecified atom stereocenters. The number of hydrogen-bond donors (Lipinski definition) is 2. The SMILES string of the molecule is CCc1ccc2nc(N3C(=O)C(=O)/C(=C(/O)c4c[nH]c5ccccc45)C3c3cccc(C)c3)sc2c1. The van der Waals surface area contributed by atoms with Crippen LogP contribution in [-0.4, -0.2) is 26.8 Å². The Morgan fingerprint density at radius 1 is 1.08 bits per heavy atom. The molecule has 7 heteroatoms. The number of thiazole rings is 1. The van der Waals surface area contributed by atoms with Gasteiger partial charge in [-0.25, -0.2) is 4.98 Å². The van der Waals surface area contributed by atoms with Crippen LogP contribution in [0.1, 0.15) is 35.2 Å². The molecule has 1 aliphatic heterocycles. The highest BCUT2D eigenvalue weighted by molar-refractivity contribution is 7.22. The molecule has 0 aliphatic carbocycles. The molecule has 1 aliphatic rings. The average Bonchev–Trinajstić information content (AvgIpc) is 3.57. The van der Waals surface area contributed by atoms with Gasteiger partial charge < -0.3 is 10.1 Å². The van der Waals surface area contributed by atoms with Crippen LogP contribution in [-0.2, 0) is 16.0 Å². The van der Waals surface area contributed by atoms with Crippen molar-refractivity contribution in [3.63, 3.8) is 0 Å². The summed E-state index contributed by atoms with van der Waals surface area (Å²) in [6, 6.07) is 20.4. The van der Waals surface area contributed by atoms with Crippen LogP contribution < -0.4 is 4.90 Å². The number of aliphatic hydroxyl groups is 1. The van der Waals surface area contributed by atoms with E-state index in [4.69, 9.17) is 4.98 Å². The molecule has 0 saturated carbocycles. The van der Waals surface area contributed by atoms with E-state index in [1.54, 1.807) is 6.20 Å². The van der Waals surface area contributed by atoms with Crippen LogP contribution >= 0.6 is 11.3 Å². The van der Waals surface area contributed by atoms with E-state index in [-0.39, 0.29) is 11.3 Å². The number of aryl methyl sites for hydroxylation is 2. The van der Waals surface area contributed by atoms with Crippen molar-refractivity contribution < 1.29 is 14.7 Å². The van der Waals surface area contributed by atoms with E-state index in [1.807, 2.05) is 67.6 Å². The predicted octanol–water partition coefficient (Wildman–Crippen LogP) is 6.27. The third-order valence-electron chi connectivity index (χ3n) is 6.70. The Morgan fingerprint density at radius 3 is 2.72 bits per heavy atom. The predicted molar refractivity (Wildman–Crippen MR) is 143 cm³/mol. The number of aromatic amines is 1.